The lowest BCUT2D eigenvalue weighted by Crippen LogP contribution is -2.29. The first-order valence-corrected chi connectivity index (χ1v) is 1.71. The van der Waals surface area contributed by atoms with E-state index in [4.69, 9.17) is 0 Å². The van der Waals surface area contributed by atoms with Crippen molar-refractivity contribution in [2.45, 2.75) is 13.8 Å². The summed E-state index contributed by atoms with van der Waals surface area (Å²) < 4.78 is 0. The Bertz CT molecular complexity index is 11.6. The second-order valence-corrected chi connectivity index (χ2v) is 1.10. The van der Waals surface area contributed by atoms with E-state index in [2.05, 4.69) is 5.32 Å². The lowest BCUT2D eigenvalue weighted by atomic mass is 10.3. The quantitative estimate of drug-likeness (QED) is 0.443. The van der Waals surface area contributed by atoms with Crippen molar-refractivity contribution in [1.29, 1.82) is 0 Å². The molecule has 1 aliphatic rings. The van der Waals surface area contributed by atoms with Gasteiger partial charge in [-0.1, -0.05) is 7.43 Å². The summed E-state index contributed by atoms with van der Waals surface area (Å²) in [6, 6.07) is 0. The minimum absolute atomic E-state index is 0. The maximum absolute atomic E-state index is 3.11. The van der Waals surface area contributed by atoms with Crippen LogP contribution in [-0.4, -0.2) is 13.1 Å². The molecule has 0 radical (unpaired) electrons. The minimum atomic E-state index is 0. The summed E-state index contributed by atoms with van der Waals surface area (Å²) >= 11 is 0. The zero-order valence-corrected chi connectivity index (χ0v) is 2.62. The van der Waals surface area contributed by atoms with Crippen LogP contribution in [0, 0.1) is 0 Å². The second kappa shape index (κ2) is 2.21. The standard InChI is InChI=1S/C3H7N.CH4/c1-2-4-3-1;/h4H,1-3H2;1H4. The van der Waals surface area contributed by atoms with E-state index in [0.717, 1.165) is 0 Å². The Morgan fingerprint density at radius 2 is 1.40 bits per heavy atom. The van der Waals surface area contributed by atoms with Crippen molar-refractivity contribution in [3.63, 3.8) is 0 Å². The average Bonchev–Trinajstić information content (AvgIpc) is 0.722. The second-order valence-electron chi connectivity index (χ2n) is 1.10. The summed E-state index contributed by atoms with van der Waals surface area (Å²) in [7, 11) is 0. The molecular weight excluding hydrogens is 62.1 g/mol. The van der Waals surface area contributed by atoms with Gasteiger partial charge in [0.15, 0.2) is 0 Å². The predicted molar refractivity (Wildman–Crippen MR) is 24.2 cm³/mol. The van der Waals surface area contributed by atoms with Crippen LogP contribution in [0.2, 0.25) is 0 Å². The molecule has 0 amide bonds. The van der Waals surface area contributed by atoms with Gasteiger partial charge in [-0.05, 0) is 19.5 Å². The number of rotatable bonds is 0. The monoisotopic (exact) mass is 73.1 g/mol. The van der Waals surface area contributed by atoms with Gasteiger partial charge in [0.2, 0.25) is 0 Å². The van der Waals surface area contributed by atoms with Gasteiger partial charge in [0.25, 0.3) is 0 Å². The Morgan fingerprint density at radius 1 is 1.20 bits per heavy atom. The van der Waals surface area contributed by atoms with Gasteiger partial charge in [0, 0.05) is 0 Å². The van der Waals surface area contributed by atoms with E-state index in [-0.39, 0.29) is 7.43 Å². The molecule has 5 heavy (non-hydrogen) atoms. The summed E-state index contributed by atoms with van der Waals surface area (Å²) in [4.78, 5) is 0. The van der Waals surface area contributed by atoms with Crippen LogP contribution >= 0.6 is 0 Å². The summed E-state index contributed by atoms with van der Waals surface area (Å²) in [5, 5.41) is 3.11. The van der Waals surface area contributed by atoms with E-state index in [1.807, 2.05) is 0 Å². The van der Waals surface area contributed by atoms with Gasteiger partial charge < -0.3 is 5.32 Å². The normalized spacial score (nSPS) is 19.2. The fourth-order valence-corrected chi connectivity index (χ4v) is 0.177. The maximum atomic E-state index is 3.11. The molecule has 0 aromatic heterocycles. The molecule has 0 saturated carbocycles. The first kappa shape index (κ1) is 4.96. The Balaban J connectivity index is 0.000000160. The molecule has 1 heterocycles. The lowest BCUT2D eigenvalue weighted by Gasteiger charge is -2.09. The zero-order valence-electron chi connectivity index (χ0n) is 2.62. The van der Waals surface area contributed by atoms with Crippen LogP contribution in [0.1, 0.15) is 13.8 Å². The predicted octanol–water partition coefficient (Wildman–Crippen LogP) is 0.616. The number of nitrogens with one attached hydrogen (secondary N) is 1. The molecule has 1 aliphatic heterocycles. The SMILES string of the molecule is C.C1CNC1. The highest BCUT2D eigenvalue weighted by atomic mass is 14.9. The molecule has 1 fully saturated rings. The van der Waals surface area contributed by atoms with E-state index < -0.39 is 0 Å². The van der Waals surface area contributed by atoms with Crippen LogP contribution in [0.25, 0.3) is 0 Å². The Hall–Kier alpha value is -0.0400. The van der Waals surface area contributed by atoms with Crippen LogP contribution < -0.4 is 5.32 Å². The van der Waals surface area contributed by atoms with Gasteiger partial charge in [-0.15, -0.1) is 0 Å². The third-order valence-corrected chi connectivity index (χ3v) is 0.707. The molecule has 32 valence electrons. The maximum Gasteiger partial charge on any atom is -0.00368 e. The summed E-state index contributed by atoms with van der Waals surface area (Å²) in [5.41, 5.74) is 0. The largest absolute Gasteiger partial charge is 0.317 e. The first-order chi connectivity index (χ1) is 2.00. The van der Waals surface area contributed by atoms with Crippen molar-refractivity contribution in [2.24, 2.45) is 0 Å². The molecule has 0 atom stereocenters. The molecule has 1 heteroatoms. The molecule has 0 aromatic carbocycles. The Labute approximate surface area is 33.4 Å². The van der Waals surface area contributed by atoms with E-state index in [1.165, 1.54) is 19.5 Å². The molecule has 1 nitrogen and oxygen atoms in total. The van der Waals surface area contributed by atoms with Gasteiger partial charge in [0.05, 0.1) is 0 Å². The molecular formula is C4H11N. The van der Waals surface area contributed by atoms with Gasteiger partial charge in [-0.2, -0.15) is 0 Å². The van der Waals surface area contributed by atoms with Gasteiger partial charge >= 0.3 is 0 Å². The van der Waals surface area contributed by atoms with Crippen molar-refractivity contribution < 1.29 is 0 Å². The molecule has 0 unspecified atom stereocenters. The van der Waals surface area contributed by atoms with Gasteiger partial charge in [-0.25, -0.2) is 0 Å². The van der Waals surface area contributed by atoms with Crippen molar-refractivity contribution in [3.05, 3.63) is 0 Å². The fourth-order valence-electron chi connectivity index (χ4n) is 0.177. The third-order valence-electron chi connectivity index (χ3n) is 0.707. The van der Waals surface area contributed by atoms with Crippen LogP contribution in [0.3, 0.4) is 0 Å². The van der Waals surface area contributed by atoms with Crippen molar-refractivity contribution in [3.8, 4) is 0 Å². The molecule has 1 rings (SSSR count). The smallest absolute Gasteiger partial charge is 0.00368 e. The Kier molecular flexibility index (Phi) is 2.19. The lowest BCUT2D eigenvalue weighted by molar-refractivity contribution is 0.527. The first-order valence-electron chi connectivity index (χ1n) is 1.71. The Morgan fingerprint density at radius 3 is 1.40 bits per heavy atom. The van der Waals surface area contributed by atoms with Crippen molar-refractivity contribution in [1.82, 2.24) is 5.32 Å². The highest BCUT2D eigenvalue weighted by molar-refractivity contribution is 4.56. The van der Waals surface area contributed by atoms with Crippen LogP contribution in [0.5, 0.6) is 0 Å². The van der Waals surface area contributed by atoms with Crippen molar-refractivity contribution in [2.75, 3.05) is 13.1 Å². The zero-order chi connectivity index (χ0) is 2.83. The topological polar surface area (TPSA) is 12.0 Å². The molecule has 1 saturated heterocycles. The number of hydrogen-bond acceptors (Lipinski definition) is 1. The van der Waals surface area contributed by atoms with E-state index >= 15 is 0 Å². The molecule has 0 aliphatic carbocycles. The van der Waals surface area contributed by atoms with Gasteiger partial charge in [-0.3, -0.25) is 0 Å². The third kappa shape index (κ3) is 0.970. The highest BCUT2D eigenvalue weighted by Gasteiger charge is 1.92. The molecule has 0 bridgehead atoms. The molecule has 0 aromatic rings. The fraction of sp³-hybridized carbons (Fsp3) is 1.00. The average molecular weight is 73.1 g/mol. The summed E-state index contributed by atoms with van der Waals surface area (Å²) in [6.07, 6.45) is 1.39. The van der Waals surface area contributed by atoms with Crippen LogP contribution in [0.4, 0.5) is 0 Å². The number of hydrogen-bond donors (Lipinski definition) is 1. The molecule has 0 spiro atoms. The van der Waals surface area contributed by atoms with Gasteiger partial charge in [0.1, 0.15) is 0 Å². The summed E-state index contributed by atoms with van der Waals surface area (Å²) in [6.45, 7) is 2.50. The summed E-state index contributed by atoms with van der Waals surface area (Å²) in [5.74, 6) is 0. The van der Waals surface area contributed by atoms with E-state index in [1.54, 1.807) is 0 Å². The van der Waals surface area contributed by atoms with E-state index in [9.17, 15) is 0 Å². The van der Waals surface area contributed by atoms with Crippen LogP contribution in [-0.2, 0) is 0 Å². The minimum Gasteiger partial charge on any atom is -0.317 e. The van der Waals surface area contributed by atoms with E-state index in [0.29, 0.717) is 0 Å². The highest BCUT2D eigenvalue weighted by Crippen LogP contribution is 1.80. The van der Waals surface area contributed by atoms with Crippen LogP contribution in [0.15, 0.2) is 0 Å². The molecule has 1 N–H and O–H groups in total. The van der Waals surface area contributed by atoms with Crippen molar-refractivity contribution >= 4 is 0 Å².